The number of benzene rings is 2. The highest BCUT2D eigenvalue weighted by Gasteiger charge is 2.28. The number of hydrogen-bond donors (Lipinski definition) is 3. The first-order valence-electron chi connectivity index (χ1n) is 9.33. The van der Waals surface area contributed by atoms with Crippen LogP contribution in [0.1, 0.15) is 13.8 Å². The van der Waals surface area contributed by atoms with Crippen LogP contribution in [0.2, 0.25) is 0 Å². The number of carboxylic acid groups (broad SMARTS) is 1. The molecule has 0 aliphatic heterocycles. The molecule has 1 heterocycles. The third-order valence-corrected chi connectivity index (χ3v) is 6.29. The van der Waals surface area contributed by atoms with E-state index in [0.29, 0.717) is 33.0 Å². The molecule has 1 aromatic heterocycles. The van der Waals surface area contributed by atoms with Crippen molar-refractivity contribution in [3.05, 3.63) is 36.4 Å². The van der Waals surface area contributed by atoms with Crippen LogP contribution in [0.3, 0.4) is 0 Å². The van der Waals surface area contributed by atoms with E-state index in [1.807, 2.05) is 0 Å². The van der Waals surface area contributed by atoms with Crippen LogP contribution >= 0.6 is 15.9 Å². The maximum Gasteiger partial charge on any atom is 0.411 e. The van der Waals surface area contributed by atoms with E-state index in [1.165, 1.54) is 18.2 Å². The van der Waals surface area contributed by atoms with Crippen LogP contribution in [0.4, 0.5) is 10.5 Å². The number of rotatable bonds is 8. The molecule has 3 N–H and O–H groups in total. The van der Waals surface area contributed by atoms with E-state index >= 15 is 0 Å². The number of alkyl halides is 1. The average Bonchev–Trinajstić information content (AvgIpc) is 3.07. The highest BCUT2D eigenvalue weighted by Crippen LogP contribution is 2.32. The largest absolute Gasteiger partial charge is 0.480 e. The summed E-state index contributed by atoms with van der Waals surface area (Å²) in [5, 5.41) is 13.6. The van der Waals surface area contributed by atoms with Crippen molar-refractivity contribution in [2.45, 2.75) is 24.8 Å². The molecule has 11 heteroatoms. The maximum absolute atomic E-state index is 12.7. The Balaban J connectivity index is 1.94. The van der Waals surface area contributed by atoms with Crippen LogP contribution in [-0.4, -0.2) is 43.6 Å². The van der Waals surface area contributed by atoms with Gasteiger partial charge in [0, 0.05) is 27.9 Å². The fraction of sp³-hybridized carbons (Fsp3) is 0.300. The lowest BCUT2D eigenvalue weighted by Gasteiger charge is -2.17. The molecule has 3 rings (SSSR count). The van der Waals surface area contributed by atoms with E-state index in [4.69, 9.17) is 9.15 Å². The molecule has 0 saturated carbocycles. The molecule has 9 nitrogen and oxygen atoms in total. The fourth-order valence-electron chi connectivity index (χ4n) is 2.99. The molecule has 3 aromatic rings. The highest BCUT2D eigenvalue weighted by molar-refractivity contribution is 9.09. The van der Waals surface area contributed by atoms with Crippen molar-refractivity contribution in [1.82, 2.24) is 4.72 Å². The SMILES string of the molecule is CC(C)C(NS(=O)(=O)c1ccc2oc3cc(NC(=O)OCCBr)ccc3c2c1)C(=O)O. The Morgan fingerprint density at radius 2 is 1.87 bits per heavy atom. The van der Waals surface area contributed by atoms with Gasteiger partial charge in [-0.2, -0.15) is 4.72 Å². The normalized spacial score (nSPS) is 12.9. The second-order valence-corrected chi connectivity index (χ2v) is 9.61. The van der Waals surface area contributed by atoms with Crippen LogP contribution in [0.25, 0.3) is 21.9 Å². The minimum atomic E-state index is -4.07. The average molecular weight is 513 g/mol. The summed E-state index contributed by atoms with van der Waals surface area (Å²) in [6, 6.07) is 7.98. The van der Waals surface area contributed by atoms with Crippen molar-refractivity contribution >= 4 is 65.6 Å². The number of nitrogens with one attached hydrogen (secondary N) is 2. The molecule has 0 fully saturated rings. The van der Waals surface area contributed by atoms with Gasteiger partial charge in [-0.1, -0.05) is 29.8 Å². The lowest BCUT2D eigenvalue weighted by molar-refractivity contribution is -0.140. The first kappa shape index (κ1) is 23.0. The van der Waals surface area contributed by atoms with Gasteiger partial charge in [0.1, 0.15) is 23.8 Å². The summed E-state index contributed by atoms with van der Waals surface area (Å²) in [6.07, 6.45) is -0.604. The summed E-state index contributed by atoms with van der Waals surface area (Å²) in [5.41, 5.74) is 1.36. The summed E-state index contributed by atoms with van der Waals surface area (Å²) in [4.78, 5) is 23.0. The second kappa shape index (κ2) is 9.25. The number of anilines is 1. The predicted octanol–water partition coefficient (Wildman–Crippen LogP) is 3.92. The van der Waals surface area contributed by atoms with Crippen LogP contribution in [-0.2, 0) is 19.6 Å². The first-order chi connectivity index (χ1) is 14.6. The molecular formula is C20H21BrN2O7S. The second-order valence-electron chi connectivity index (χ2n) is 7.10. The number of hydrogen-bond acceptors (Lipinski definition) is 6. The quantitative estimate of drug-likeness (QED) is 0.389. The minimum absolute atomic E-state index is 0.0739. The summed E-state index contributed by atoms with van der Waals surface area (Å²) < 4.78 is 38.4. The number of sulfonamides is 1. The van der Waals surface area contributed by atoms with Crippen LogP contribution in [0.15, 0.2) is 45.7 Å². The summed E-state index contributed by atoms with van der Waals surface area (Å²) in [5.74, 6) is -1.68. The molecule has 31 heavy (non-hydrogen) atoms. The van der Waals surface area contributed by atoms with Crippen molar-refractivity contribution in [2.24, 2.45) is 5.92 Å². The van der Waals surface area contributed by atoms with E-state index in [9.17, 15) is 23.1 Å². The Labute approximate surface area is 186 Å². The number of ether oxygens (including phenoxy) is 1. The van der Waals surface area contributed by atoms with Crippen LogP contribution in [0.5, 0.6) is 0 Å². The Hall–Kier alpha value is -2.63. The molecule has 0 saturated heterocycles. The minimum Gasteiger partial charge on any atom is -0.480 e. The van der Waals surface area contributed by atoms with Gasteiger partial charge < -0.3 is 14.3 Å². The number of carbonyl (C=O) groups excluding carboxylic acids is 1. The fourth-order valence-corrected chi connectivity index (χ4v) is 4.52. The first-order valence-corrected chi connectivity index (χ1v) is 11.9. The number of halogens is 1. The molecule has 0 aliphatic rings. The molecule has 0 spiro atoms. The Morgan fingerprint density at radius 1 is 1.13 bits per heavy atom. The van der Waals surface area contributed by atoms with Gasteiger partial charge in [0.05, 0.1) is 4.90 Å². The third kappa shape index (κ3) is 5.17. The van der Waals surface area contributed by atoms with Crippen molar-refractivity contribution in [2.75, 3.05) is 17.3 Å². The summed E-state index contributed by atoms with van der Waals surface area (Å²) >= 11 is 3.17. The Kier molecular flexibility index (Phi) is 6.87. The molecule has 2 aromatic carbocycles. The van der Waals surface area contributed by atoms with Gasteiger partial charge in [-0.3, -0.25) is 10.1 Å². The zero-order valence-electron chi connectivity index (χ0n) is 16.7. The van der Waals surface area contributed by atoms with E-state index in [-0.39, 0.29) is 11.5 Å². The maximum atomic E-state index is 12.7. The smallest absolute Gasteiger partial charge is 0.411 e. The monoisotopic (exact) mass is 512 g/mol. The van der Waals surface area contributed by atoms with E-state index < -0.39 is 34.0 Å². The van der Waals surface area contributed by atoms with Crippen LogP contribution < -0.4 is 10.0 Å². The number of carboxylic acids is 1. The van der Waals surface area contributed by atoms with Crippen molar-refractivity contribution in [3.63, 3.8) is 0 Å². The lowest BCUT2D eigenvalue weighted by atomic mass is 10.1. The van der Waals surface area contributed by atoms with Gasteiger partial charge in [0.2, 0.25) is 10.0 Å². The van der Waals surface area contributed by atoms with Gasteiger partial charge in [0.15, 0.2) is 0 Å². The summed E-state index contributed by atoms with van der Waals surface area (Å²) in [7, 11) is -4.07. The van der Waals surface area contributed by atoms with Crippen molar-refractivity contribution in [1.29, 1.82) is 0 Å². The standard InChI is InChI=1S/C20H21BrN2O7S/c1-11(2)18(19(24)25)23-31(27,28)13-4-6-16-15(10-13)14-5-3-12(9-17(14)30-16)22-20(26)29-8-7-21/h3-6,9-11,18,23H,7-8H2,1-2H3,(H,22,26)(H,24,25). The van der Waals surface area contributed by atoms with E-state index in [2.05, 4.69) is 26.0 Å². The number of furan rings is 1. The third-order valence-electron chi connectivity index (χ3n) is 4.52. The molecule has 166 valence electrons. The number of aliphatic carboxylic acids is 1. The van der Waals surface area contributed by atoms with Crippen molar-refractivity contribution in [3.8, 4) is 0 Å². The topological polar surface area (TPSA) is 135 Å². The molecule has 0 radical (unpaired) electrons. The highest BCUT2D eigenvalue weighted by atomic mass is 79.9. The molecule has 0 aliphatic carbocycles. The van der Waals surface area contributed by atoms with Gasteiger partial charge in [0.25, 0.3) is 0 Å². The number of amides is 1. The lowest BCUT2D eigenvalue weighted by Crippen LogP contribution is -2.44. The van der Waals surface area contributed by atoms with Gasteiger partial charge in [-0.05, 0) is 36.2 Å². The van der Waals surface area contributed by atoms with Crippen molar-refractivity contribution < 1.29 is 32.3 Å². The number of fused-ring (bicyclic) bond motifs is 3. The molecule has 1 unspecified atom stereocenters. The van der Waals surface area contributed by atoms with Gasteiger partial charge in [-0.15, -0.1) is 0 Å². The Morgan fingerprint density at radius 3 is 2.52 bits per heavy atom. The molecular weight excluding hydrogens is 492 g/mol. The van der Waals surface area contributed by atoms with E-state index in [1.54, 1.807) is 32.0 Å². The Bertz CT molecular complexity index is 1240. The van der Waals surface area contributed by atoms with Gasteiger partial charge in [-0.25, -0.2) is 13.2 Å². The molecule has 1 atom stereocenters. The molecule has 0 bridgehead atoms. The van der Waals surface area contributed by atoms with Crippen LogP contribution in [0, 0.1) is 5.92 Å². The predicted molar refractivity (Wildman–Crippen MR) is 119 cm³/mol. The summed E-state index contributed by atoms with van der Waals surface area (Å²) in [6.45, 7) is 3.47. The van der Waals surface area contributed by atoms with E-state index in [0.717, 1.165) is 0 Å². The zero-order chi connectivity index (χ0) is 22.8. The number of carbonyl (C=O) groups is 2. The van der Waals surface area contributed by atoms with Gasteiger partial charge >= 0.3 is 12.1 Å². The molecule has 1 amide bonds. The zero-order valence-corrected chi connectivity index (χ0v) is 19.1.